The number of benzene rings is 1. The number of rotatable bonds is 1. The average Bonchev–Trinajstić information content (AvgIpc) is 2.20. The number of nitrogens with zero attached hydrogens (tertiary/aromatic N) is 1. The Morgan fingerprint density at radius 2 is 2.07 bits per heavy atom. The van der Waals surface area contributed by atoms with E-state index >= 15 is 0 Å². The van der Waals surface area contributed by atoms with E-state index < -0.39 is 0 Å². The van der Waals surface area contributed by atoms with Crippen molar-refractivity contribution in [2.75, 3.05) is 0 Å². The van der Waals surface area contributed by atoms with Crippen LogP contribution in [0.1, 0.15) is 5.56 Å². The van der Waals surface area contributed by atoms with E-state index in [1.54, 1.807) is 12.3 Å². The molecule has 0 radical (unpaired) electrons. The highest BCUT2D eigenvalue weighted by Gasteiger charge is 2.07. The molecular formula is C12H9BrFN. The molecule has 0 saturated heterocycles. The van der Waals surface area contributed by atoms with Gasteiger partial charge in [-0.15, -0.1) is 0 Å². The third-order valence-corrected chi connectivity index (χ3v) is 2.84. The molecule has 0 bridgehead atoms. The second-order valence-corrected chi connectivity index (χ2v) is 4.15. The van der Waals surface area contributed by atoms with Crippen molar-refractivity contribution in [3.8, 4) is 11.3 Å². The second kappa shape index (κ2) is 4.11. The molecular weight excluding hydrogens is 257 g/mol. The van der Waals surface area contributed by atoms with E-state index in [0.717, 1.165) is 21.3 Å². The van der Waals surface area contributed by atoms with Gasteiger partial charge in [-0.05, 0) is 58.7 Å². The summed E-state index contributed by atoms with van der Waals surface area (Å²) in [5.41, 5.74) is 2.67. The van der Waals surface area contributed by atoms with Gasteiger partial charge in [-0.2, -0.15) is 0 Å². The molecule has 76 valence electrons. The van der Waals surface area contributed by atoms with Gasteiger partial charge >= 0.3 is 0 Å². The largest absolute Gasteiger partial charge is 0.255 e. The number of pyridine rings is 1. The van der Waals surface area contributed by atoms with Crippen LogP contribution in [0.15, 0.2) is 41.0 Å². The lowest BCUT2D eigenvalue weighted by atomic mass is 10.1. The van der Waals surface area contributed by atoms with E-state index in [1.807, 2.05) is 19.1 Å². The molecule has 1 heterocycles. The van der Waals surface area contributed by atoms with Gasteiger partial charge in [0.2, 0.25) is 0 Å². The minimum atomic E-state index is -0.219. The van der Waals surface area contributed by atoms with Crippen LogP contribution in [-0.4, -0.2) is 4.98 Å². The molecule has 0 aliphatic heterocycles. The van der Waals surface area contributed by atoms with Crippen molar-refractivity contribution in [2.24, 2.45) is 0 Å². The number of aromatic nitrogens is 1. The van der Waals surface area contributed by atoms with Crippen LogP contribution in [0.25, 0.3) is 11.3 Å². The first-order chi connectivity index (χ1) is 7.18. The van der Waals surface area contributed by atoms with Crippen LogP contribution >= 0.6 is 15.9 Å². The SMILES string of the molecule is Cc1cc(F)ccc1-c1ncccc1Br. The molecule has 1 nitrogen and oxygen atoms in total. The second-order valence-electron chi connectivity index (χ2n) is 3.29. The van der Waals surface area contributed by atoms with E-state index in [9.17, 15) is 4.39 Å². The standard InChI is InChI=1S/C12H9BrFN/c1-8-7-9(14)4-5-10(8)12-11(13)3-2-6-15-12/h2-7H,1H3. The third-order valence-electron chi connectivity index (χ3n) is 2.20. The van der Waals surface area contributed by atoms with Gasteiger partial charge in [-0.1, -0.05) is 0 Å². The van der Waals surface area contributed by atoms with Gasteiger partial charge in [0.15, 0.2) is 0 Å². The molecule has 15 heavy (non-hydrogen) atoms. The Balaban J connectivity index is 2.60. The number of aryl methyl sites for hydroxylation is 1. The zero-order chi connectivity index (χ0) is 10.8. The average molecular weight is 266 g/mol. The normalized spacial score (nSPS) is 10.3. The lowest BCUT2D eigenvalue weighted by Gasteiger charge is -2.06. The van der Waals surface area contributed by atoms with Gasteiger partial charge in [-0.25, -0.2) is 4.39 Å². The van der Waals surface area contributed by atoms with Crippen LogP contribution in [0.5, 0.6) is 0 Å². The van der Waals surface area contributed by atoms with Crippen LogP contribution in [0, 0.1) is 12.7 Å². The molecule has 3 heteroatoms. The number of halogens is 2. The Morgan fingerprint density at radius 1 is 1.27 bits per heavy atom. The van der Waals surface area contributed by atoms with E-state index in [4.69, 9.17) is 0 Å². The molecule has 2 aromatic rings. The third kappa shape index (κ3) is 2.07. The zero-order valence-corrected chi connectivity index (χ0v) is 9.75. The first-order valence-corrected chi connectivity index (χ1v) is 5.35. The lowest BCUT2D eigenvalue weighted by molar-refractivity contribution is 0.627. The maximum absolute atomic E-state index is 12.9. The first-order valence-electron chi connectivity index (χ1n) is 4.55. The fourth-order valence-electron chi connectivity index (χ4n) is 1.48. The van der Waals surface area contributed by atoms with Crippen molar-refractivity contribution < 1.29 is 4.39 Å². The van der Waals surface area contributed by atoms with Gasteiger partial charge in [0.1, 0.15) is 5.82 Å². The zero-order valence-electron chi connectivity index (χ0n) is 8.17. The van der Waals surface area contributed by atoms with Crippen molar-refractivity contribution in [1.29, 1.82) is 0 Å². The van der Waals surface area contributed by atoms with Crippen LogP contribution in [0.2, 0.25) is 0 Å². The highest BCUT2D eigenvalue weighted by molar-refractivity contribution is 9.10. The molecule has 2 rings (SSSR count). The van der Waals surface area contributed by atoms with Crippen LogP contribution in [-0.2, 0) is 0 Å². The predicted octanol–water partition coefficient (Wildman–Crippen LogP) is 3.96. The summed E-state index contributed by atoms with van der Waals surface area (Å²) in [6.45, 7) is 1.87. The Labute approximate surface area is 96.1 Å². The fraction of sp³-hybridized carbons (Fsp3) is 0.0833. The van der Waals surface area contributed by atoms with Gasteiger partial charge in [-0.3, -0.25) is 4.98 Å². The summed E-state index contributed by atoms with van der Waals surface area (Å²) in [6.07, 6.45) is 1.73. The number of hydrogen-bond donors (Lipinski definition) is 0. The molecule has 1 aromatic heterocycles. The molecule has 0 saturated carbocycles. The molecule has 0 N–H and O–H groups in total. The smallest absolute Gasteiger partial charge is 0.123 e. The lowest BCUT2D eigenvalue weighted by Crippen LogP contribution is -1.89. The summed E-state index contributed by atoms with van der Waals surface area (Å²) in [5, 5.41) is 0. The molecule has 0 amide bonds. The minimum Gasteiger partial charge on any atom is -0.255 e. The summed E-state index contributed by atoms with van der Waals surface area (Å²) >= 11 is 3.43. The Hall–Kier alpha value is -1.22. The predicted molar refractivity (Wildman–Crippen MR) is 62.1 cm³/mol. The summed E-state index contributed by atoms with van der Waals surface area (Å²) in [5.74, 6) is -0.219. The Morgan fingerprint density at radius 3 is 2.73 bits per heavy atom. The van der Waals surface area contributed by atoms with Gasteiger partial charge < -0.3 is 0 Å². The van der Waals surface area contributed by atoms with Crippen molar-refractivity contribution in [2.45, 2.75) is 6.92 Å². The summed E-state index contributed by atoms with van der Waals surface area (Å²) in [6, 6.07) is 8.48. The number of hydrogen-bond acceptors (Lipinski definition) is 1. The highest BCUT2D eigenvalue weighted by Crippen LogP contribution is 2.28. The maximum Gasteiger partial charge on any atom is 0.123 e. The Kier molecular flexibility index (Phi) is 2.82. The van der Waals surface area contributed by atoms with Crippen LogP contribution in [0.3, 0.4) is 0 Å². The van der Waals surface area contributed by atoms with Gasteiger partial charge in [0, 0.05) is 16.2 Å². The van der Waals surface area contributed by atoms with E-state index in [0.29, 0.717) is 0 Å². The van der Waals surface area contributed by atoms with Crippen molar-refractivity contribution in [1.82, 2.24) is 4.98 Å². The highest BCUT2D eigenvalue weighted by atomic mass is 79.9. The van der Waals surface area contributed by atoms with E-state index in [2.05, 4.69) is 20.9 Å². The molecule has 0 fully saturated rings. The maximum atomic E-state index is 12.9. The summed E-state index contributed by atoms with van der Waals surface area (Å²) in [7, 11) is 0. The van der Waals surface area contributed by atoms with Crippen molar-refractivity contribution >= 4 is 15.9 Å². The molecule has 0 unspecified atom stereocenters. The van der Waals surface area contributed by atoms with Gasteiger partial charge in [0.25, 0.3) is 0 Å². The monoisotopic (exact) mass is 265 g/mol. The van der Waals surface area contributed by atoms with Crippen LogP contribution in [0.4, 0.5) is 4.39 Å². The van der Waals surface area contributed by atoms with E-state index in [-0.39, 0.29) is 5.82 Å². The van der Waals surface area contributed by atoms with Crippen LogP contribution < -0.4 is 0 Å². The molecule has 0 aliphatic rings. The minimum absolute atomic E-state index is 0.219. The fourth-order valence-corrected chi connectivity index (χ4v) is 1.95. The molecule has 1 aromatic carbocycles. The first kappa shape index (κ1) is 10.3. The molecule has 0 aliphatic carbocycles. The van der Waals surface area contributed by atoms with Gasteiger partial charge in [0.05, 0.1) is 5.69 Å². The van der Waals surface area contributed by atoms with Crippen molar-refractivity contribution in [3.63, 3.8) is 0 Å². The summed E-state index contributed by atoms with van der Waals surface area (Å²) < 4.78 is 13.8. The van der Waals surface area contributed by atoms with Crippen molar-refractivity contribution in [3.05, 3.63) is 52.4 Å². The Bertz CT molecular complexity index is 497. The summed E-state index contributed by atoms with van der Waals surface area (Å²) in [4.78, 5) is 4.27. The quantitative estimate of drug-likeness (QED) is 0.761. The topological polar surface area (TPSA) is 12.9 Å². The molecule has 0 atom stereocenters. The van der Waals surface area contributed by atoms with E-state index in [1.165, 1.54) is 12.1 Å². The molecule has 0 spiro atoms.